The number of fused-ring (bicyclic) bond motifs is 1. The average molecular weight is 472 g/mol. The van der Waals surface area contributed by atoms with Crippen LogP contribution in [0.25, 0.3) is 10.9 Å². The summed E-state index contributed by atoms with van der Waals surface area (Å²) >= 11 is 1.46. The number of carbonyl (C=O) groups is 1. The zero-order chi connectivity index (χ0) is 23.2. The Balaban J connectivity index is 1.40. The van der Waals surface area contributed by atoms with Gasteiger partial charge in [-0.1, -0.05) is 49.7 Å². The number of unbranched alkanes of at least 4 members (excludes halogenated alkanes) is 1. The molecule has 1 fully saturated rings. The summed E-state index contributed by atoms with van der Waals surface area (Å²) in [6, 6.07) is 8.23. The number of halogens is 1. The molecule has 33 heavy (non-hydrogen) atoms. The molecule has 2 aliphatic heterocycles. The van der Waals surface area contributed by atoms with Gasteiger partial charge in [0, 0.05) is 55.2 Å². The summed E-state index contributed by atoms with van der Waals surface area (Å²) in [4.78, 5) is 21.4. The summed E-state index contributed by atoms with van der Waals surface area (Å²) in [7, 11) is 1.96. The summed E-state index contributed by atoms with van der Waals surface area (Å²) in [6.45, 7) is 4.06. The largest absolute Gasteiger partial charge is 0.364 e. The normalized spacial score (nSPS) is 20.2. The smallest absolute Gasteiger partial charge is 0.259 e. The number of aromatic nitrogens is 1. The first kappa shape index (κ1) is 23.7. The molecule has 1 aromatic heterocycles. The maximum atomic E-state index is 13.4. The van der Waals surface area contributed by atoms with Crippen LogP contribution in [0.5, 0.6) is 0 Å². The van der Waals surface area contributed by atoms with Gasteiger partial charge in [0.2, 0.25) is 0 Å². The first-order valence-electron chi connectivity index (χ1n) is 11.8. The van der Waals surface area contributed by atoms with E-state index in [-0.39, 0.29) is 24.7 Å². The van der Waals surface area contributed by atoms with Crippen LogP contribution in [-0.4, -0.2) is 66.1 Å². The molecule has 1 amide bonds. The number of alkyl halides is 1. The van der Waals surface area contributed by atoms with Crippen molar-refractivity contribution >= 4 is 28.6 Å². The van der Waals surface area contributed by atoms with Crippen LogP contribution in [0.1, 0.15) is 31.7 Å². The number of nitrogens with zero attached hydrogens (tertiary/aromatic N) is 2. The highest BCUT2D eigenvalue weighted by molar-refractivity contribution is 8.07. The van der Waals surface area contributed by atoms with Gasteiger partial charge in [-0.2, -0.15) is 0 Å². The van der Waals surface area contributed by atoms with E-state index < -0.39 is 0 Å². The molecule has 1 saturated heterocycles. The number of carbonyl (C=O) groups excluding carboxylic acids is 1. The van der Waals surface area contributed by atoms with Crippen molar-refractivity contribution < 1.29 is 9.18 Å². The Bertz CT molecular complexity index is 1020. The zero-order valence-corrected chi connectivity index (χ0v) is 20.3. The second-order valence-corrected chi connectivity index (χ2v) is 9.93. The van der Waals surface area contributed by atoms with Gasteiger partial charge in [0.05, 0.1) is 16.0 Å². The Labute approximate surface area is 199 Å². The molecule has 1 aromatic carbocycles. The average Bonchev–Trinajstić information content (AvgIpc) is 3.25. The third-order valence-electron chi connectivity index (χ3n) is 6.51. The third-order valence-corrected chi connectivity index (χ3v) is 7.62. The highest BCUT2D eigenvalue weighted by Gasteiger charge is 2.28. The molecule has 2 aromatic rings. The van der Waals surface area contributed by atoms with Crippen LogP contribution in [-0.2, 0) is 11.2 Å². The van der Waals surface area contributed by atoms with Crippen molar-refractivity contribution in [2.45, 2.75) is 44.7 Å². The molecule has 2 aliphatic rings. The number of likely N-dealkylation sites (N-methyl/N-ethyl adjacent to an activating group) is 1. The minimum absolute atomic E-state index is 0.0600. The number of para-hydroxylation sites is 1. The molecule has 4 rings (SSSR count). The molecule has 0 aliphatic carbocycles. The molecular formula is C25H34FN5OS. The summed E-state index contributed by atoms with van der Waals surface area (Å²) in [5.74, 6) is -0.0600. The van der Waals surface area contributed by atoms with E-state index in [1.54, 1.807) is 6.20 Å². The van der Waals surface area contributed by atoms with Crippen molar-refractivity contribution in [2.75, 3.05) is 33.4 Å². The van der Waals surface area contributed by atoms with Crippen molar-refractivity contribution in [2.24, 2.45) is 0 Å². The molecule has 6 nitrogen and oxygen atoms in total. The number of thioether (sulfide) groups is 1. The quantitative estimate of drug-likeness (QED) is 0.517. The van der Waals surface area contributed by atoms with E-state index in [9.17, 15) is 9.18 Å². The Hall–Kier alpha value is -2.45. The molecule has 3 heterocycles. The molecule has 0 unspecified atom stereocenters. The van der Waals surface area contributed by atoms with Gasteiger partial charge in [-0.05, 0) is 31.5 Å². The van der Waals surface area contributed by atoms with E-state index in [4.69, 9.17) is 0 Å². The van der Waals surface area contributed by atoms with Crippen molar-refractivity contribution in [1.82, 2.24) is 25.4 Å². The molecule has 0 bridgehead atoms. The lowest BCUT2D eigenvalue weighted by Gasteiger charge is -2.40. The van der Waals surface area contributed by atoms with Gasteiger partial charge < -0.3 is 20.5 Å². The van der Waals surface area contributed by atoms with E-state index in [0.717, 1.165) is 49.3 Å². The number of benzene rings is 1. The van der Waals surface area contributed by atoms with E-state index in [2.05, 4.69) is 50.7 Å². The molecule has 8 heteroatoms. The van der Waals surface area contributed by atoms with Gasteiger partial charge in [-0.3, -0.25) is 9.69 Å². The monoisotopic (exact) mass is 471 g/mol. The number of rotatable bonds is 9. The molecule has 3 N–H and O–H groups in total. The van der Waals surface area contributed by atoms with E-state index in [0.29, 0.717) is 11.4 Å². The molecule has 178 valence electrons. The van der Waals surface area contributed by atoms with Crippen LogP contribution in [0.3, 0.4) is 0 Å². The van der Waals surface area contributed by atoms with Gasteiger partial charge >= 0.3 is 0 Å². The summed E-state index contributed by atoms with van der Waals surface area (Å²) in [5, 5.41) is 8.59. The minimum Gasteiger partial charge on any atom is -0.364 e. The Morgan fingerprint density at radius 1 is 1.30 bits per heavy atom. The minimum atomic E-state index is -0.367. The highest BCUT2D eigenvalue weighted by atomic mass is 32.2. The highest BCUT2D eigenvalue weighted by Crippen LogP contribution is 2.32. The van der Waals surface area contributed by atoms with E-state index >= 15 is 0 Å². The molecular weight excluding hydrogens is 437 g/mol. The third kappa shape index (κ3) is 5.73. The summed E-state index contributed by atoms with van der Waals surface area (Å²) < 4.78 is 13.4. The van der Waals surface area contributed by atoms with Crippen LogP contribution in [0.2, 0.25) is 0 Å². The molecule has 0 spiro atoms. The predicted molar refractivity (Wildman–Crippen MR) is 134 cm³/mol. The number of amides is 1. The topological polar surface area (TPSA) is 63.4 Å². The van der Waals surface area contributed by atoms with E-state index in [1.165, 1.54) is 22.7 Å². The van der Waals surface area contributed by atoms with Crippen LogP contribution >= 0.6 is 11.8 Å². The van der Waals surface area contributed by atoms with Gasteiger partial charge in [0.15, 0.2) is 0 Å². The number of piperazine rings is 1. The fourth-order valence-corrected chi connectivity index (χ4v) is 5.36. The van der Waals surface area contributed by atoms with Crippen LogP contribution < -0.4 is 10.6 Å². The number of aromatic amines is 1. The maximum Gasteiger partial charge on any atom is 0.259 e. The second-order valence-electron chi connectivity index (χ2n) is 8.87. The van der Waals surface area contributed by atoms with Gasteiger partial charge in [-0.15, -0.1) is 0 Å². The fourth-order valence-electron chi connectivity index (χ4n) is 4.44. The van der Waals surface area contributed by atoms with E-state index in [1.807, 2.05) is 25.4 Å². The van der Waals surface area contributed by atoms with Crippen LogP contribution in [0, 0.1) is 0 Å². The van der Waals surface area contributed by atoms with Gasteiger partial charge in [0.1, 0.15) is 6.67 Å². The summed E-state index contributed by atoms with van der Waals surface area (Å²) in [5.41, 5.74) is 2.35. The predicted octanol–water partition coefficient (Wildman–Crippen LogP) is 3.95. The molecule has 2 atom stereocenters. The van der Waals surface area contributed by atoms with Crippen molar-refractivity contribution in [1.29, 1.82) is 0 Å². The molecule has 0 radical (unpaired) electrons. The number of H-pyrrole nitrogens is 1. The maximum absolute atomic E-state index is 13.4. The molecule has 0 saturated carbocycles. The van der Waals surface area contributed by atoms with Gasteiger partial charge in [0.25, 0.3) is 5.91 Å². The van der Waals surface area contributed by atoms with Crippen molar-refractivity contribution in [3.8, 4) is 0 Å². The first-order valence-corrected chi connectivity index (χ1v) is 12.6. The first-order chi connectivity index (χ1) is 16.1. The number of nitrogens with one attached hydrogen (secondary N) is 3. The SMILES string of the molecule is CCCC[C@@H](Cc1c[nH]c2ccccc12)NC(=O)C1=CNC=C(N2CCN(C)[C@@H](CF)C2)S1. The number of hydrogen-bond donors (Lipinski definition) is 3. The van der Waals surface area contributed by atoms with Crippen LogP contribution in [0.15, 0.2) is 52.8 Å². The zero-order valence-electron chi connectivity index (χ0n) is 19.4. The Kier molecular flexibility index (Phi) is 7.98. The Morgan fingerprint density at radius 3 is 2.97 bits per heavy atom. The standard InChI is InChI=1S/C25H34FN5OS/c1-3-4-7-19(12-18-14-28-22-9-6-5-8-21(18)22)29-25(32)23-15-27-16-24(33-23)31-11-10-30(2)20(13-26)17-31/h5-6,8-9,14-16,19-20,27-28H,3-4,7,10-13,17H2,1-2H3,(H,29,32)/t19-,20-/m0/s1. The summed E-state index contributed by atoms with van der Waals surface area (Å²) in [6.07, 6.45) is 9.60. The lowest BCUT2D eigenvalue weighted by Crippen LogP contribution is -2.51. The Morgan fingerprint density at radius 2 is 2.15 bits per heavy atom. The van der Waals surface area contributed by atoms with Crippen LogP contribution in [0.4, 0.5) is 4.39 Å². The van der Waals surface area contributed by atoms with Gasteiger partial charge in [-0.25, -0.2) is 4.39 Å². The lowest BCUT2D eigenvalue weighted by atomic mass is 10.0. The van der Waals surface area contributed by atoms with Crippen molar-refractivity contribution in [3.63, 3.8) is 0 Å². The fraction of sp³-hybridized carbons (Fsp3) is 0.480. The second kappa shape index (κ2) is 11.1. The lowest BCUT2D eigenvalue weighted by molar-refractivity contribution is -0.117. The van der Waals surface area contributed by atoms with Crippen molar-refractivity contribution in [3.05, 3.63) is 58.4 Å². The number of hydrogen-bond acceptors (Lipinski definition) is 5.